The topological polar surface area (TPSA) is 76.7 Å². The Labute approximate surface area is 166 Å². The number of carbonyl (C=O) groups excluding carboxylic acids is 2. The molecule has 0 saturated heterocycles. The summed E-state index contributed by atoms with van der Waals surface area (Å²) in [5.74, 6) is 1.42. The molecule has 6 nitrogen and oxygen atoms in total. The molecule has 154 valence electrons. The van der Waals surface area contributed by atoms with Gasteiger partial charge in [0.25, 0.3) is 0 Å². The molecule has 0 aromatic rings. The Kier molecular flexibility index (Phi) is 9.16. The van der Waals surface area contributed by atoms with Crippen LogP contribution in [-0.2, 0) is 9.47 Å². The predicted molar refractivity (Wildman–Crippen MR) is 112 cm³/mol. The van der Waals surface area contributed by atoms with Crippen LogP contribution < -0.4 is 10.6 Å². The third kappa shape index (κ3) is 14.4. The SMILES string of the molecule is CC(C)(CSSCC(C)(C)NC(=O)OC(C)(C)C)NC(=O)OC(C)(C)C. The van der Waals surface area contributed by atoms with Crippen molar-refractivity contribution in [1.82, 2.24) is 10.6 Å². The highest BCUT2D eigenvalue weighted by molar-refractivity contribution is 8.76. The molecular formula is C18H36N2O4S2. The molecule has 0 aliphatic carbocycles. The average Bonchev–Trinajstić information content (AvgIpc) is 2.27. The van der Waals surface area contributed by atoms with E-state index in [4.69, 9.17) is 9.47 Å². The van der Waals surface area contributed by atoms with Crippen molar-refractivity contribution in [2.24, 2.45) is 0 Å². The Morgan fingerprint density at radius 1 is 0.654 bits per heavy atom. The van der Waals surface area contributed by atoms with Crippen molar-refractivity contribution in [2.75, 3.05) is 11.5 Å². The summed E-state index contributed by atoms with van der Waals surface area (Å²) < 4.78 is 10.6. The van der Waals surface area contributed by atoms with E-state index < -0.39 is 34.5 Å². The van der Waals surface area contributed by atoms with E-state index in [1.165, 1.54) is 0 Å². The largest absolute Gasteiger partial charge is 0.444 e. The summed E-state index contributed by atoms with van der Waals surface area (Å²) in [6.07, 6.45) is -0.833. The first-order valence-electron chi connectivity index (χ1n) is 8.68. The lowest BCUT2D eigenvalue weighted by atomic mass is 10.1. The van der Waals surface area contributed by atoms with Gasteiger partial charge in [-0.15, -0.1) is 0 Å². The molecule has 0 aromatic heterocycles. The van der Waals surface area contributed by atoms with Crippen molar-refractivity contribution in [3.8, 4) is 0 Å². The Morgan fingerprint density at radius 3 is 1.15 bits per heavy atom. The van der Waals surface area contributed by atoms with E-state index in [0.29, 0.717) is 11.5 Å². The van der Waals surface area contributed by atoms with Crippen molar-refractivity contribution in [3.05, 3.63) is 0 Å². The van der Waals surface area contributed by atoms with Gasteiger partial charge >= 0.3 is 12.2 Å². The van der Waals surface area contributed by atoms with Crippen LogP contribution in [0.5, 0.6) is 0 Å². The molecule has 2 N–H and O–H groups in total. The molecule has 0 aliphatic heterocycles. The second-order valence-electron chi connectivity index (χ2n) is 9.55. The number of rotatable bonds is 7. The third-order valence-corrected chi connectivity index (χ3v) is 5.65. The Hall–Kier alpha value is -0.760. The molecule has 2 amide bonds. The van der Waals surface area contributed by atoms with Crippen LogP contribution in [0.3, 0.4) is 0 Å². The van der Waals surface area contributed by atoms with E-state index in [1.54, 1.807) is 21.6 Å². The minimum absolute atomic E-state index is 0.400. The normalized spacial score (nSPS) is 13.2. The van der Waals surface area contributed by atoms with Crippen LogP contribution in [0.15, 0.2) is 0 Å². The molecule has 0 bridgehead atoms. The summed E-state index contributed by atoms with van der Waals surface area (Å²) in [5, 5.41) is 5.77. The maximum atomic E-state index is 11.9. The number of ether oxygens (including phenoxy) is 2. The van der Waals surface area contributed by atoms with Gasteiger partial charge in [-0.25, -0.2) is 9.59 Å². The summed E-state index contributed by atoms with van der Waals surface area (Å²) in [4.78, 5) is 23.8. The van der Waals surface area contributed by atoms with Crippen LogP contribution in [0.1, 0.15) is 69.2 Å². The number of amides is 2. The fourth-order valence-corrected chi connectivity index (χ4v) is 4.78. The zero-order valence-electron chi connectivity index (χ0n) is 17.9. The van der Waals surface area contributed by atoms with Crippen LogP contribution in [0, 0.1) is 0 Å². The standard InChI is InChI=1S/C18H36N2O4S2/c1-15(2,3)23-13(21)19-17(7,8)11-25-26-12-18(9,10)20-14(22)24-16(4,5)6/h11-12H2,1-10H3,(H,19,21)(H,20,22). The van der Waals surface area contributed by atoms with Crippen LogP contribution >= 0.6 is 21.6 Å². The van der Waals surface area contributed by atoms with Crippen LogP contribution in [0.2, 0.25) is 0 Å². The first kappa shape index (κ1) is 25.2. The van der Waals surface area contributed by atoms with Gasteiger partial charge in [0, 0.05) is 22.6 Å². The molecule has 8 heteroatoms. The number of alkyl carbamates (subject to hydrolysis) is 2. The second-order valence-corrected chi connectivity index (χ2v) is 12.0. The van der Waals surface area contributed by atoms with Crippen LogP contribution in [0.25, 0.3) is 0 Å². The number of carbonyl (C=O) groups is 2. The van der Waals surface area contributed by atoms with E-state index in [0.717, 1.165) is 0 Å². The van der Waals surface area contributed by atoms with Gasteiger partial charge in [-0.1, -0.05) is 21.6 Å². The van der Waals surface area contributed by atoms with Gasteiger partial charge < -0.3 is 20.1 Å². The van der Waals surface area contributed by atoms with Gasteiger partial charge in [0.15, 0.2) is 0 Å². The summed E-state index contributed by atoms with van der Waals surface area (Å²) in [5.41, 5.74) is -1.83. The summed E-state index contributed by atoms with van der Waals surface area (Å²) in [7, 11) is 3.28. The van der Waals surface area contributed by atoms with Crippen molar-refractivity contribution in [2.45, 2.75) is 91.5 Å². The molecule has 0 unspecified atom stereocenters. The molecule has 0 rings (SSSR count). The average molecular weight is 409 g/mol. The minimum atomic E-state index is -0.514. The smallest absolute Gasteiger partial charge is 0.408 e. The molecule has 0 fully saturated rings. The molecule has 0 aromatic carbocycles. The van der Waals surface area contributed by atoms with Crippen molar-refractivity contribution in [1.29, 1.82) is 0 Å². The predicted octanol–water partition coefficient (Wildman–Crippen LogP) is 4.97. The van der Waals surface area contributed by atoms with E-state index in [2.05, 4.69) is 10.6 Å². The Bertz CT molecular complexity index is 437. The first-order valence-corrected chi connectivity index (χ1v) is 11.2. The Balaban J connectivity index is 4.26. The van der Waals surface area contributed by atoms with Gasteiger partial charge in [-0.3, -0.25) is 0 Å². The van der Waals surface area contributed by atoms with E-state index in [9.17, 15) is 9.59 Å². The molecule has 0 aliphatic rings. The van der Waals surface area contributed by atoms with Gasteiger partial charge in [0.1, 0.15) is 11.2 Å². The maximum absolute atomic E-state index is 11.9. The number of hydrogen-bond donors (Lipinski definition) is 2. The third-order valence-electron chi connectivity index (χ3n) is 2.60. The summed E-state index contributed by atoms with van der Waals surface area (Å²) in [6, 6.07) is 0. The molecule has 26 heavy (non-hydrogen) atoms. The molecule has 0 heterocycles. The quantitative estimate of drug-likeness (QED) is 0.457. The minimum Gasteiger partial charge on any atom is -0.444 e. The highest BCUT2D eigenvalue weighted by Crippen LogP contribution is 2.29. The highest BCUT2D eigenvalue weighted by atomic mass is 33.1. The molecule has 0 atom stereocenters. The Morgan fingerprint density at radius 2 is 0.923 bits per heavy atom. The highest BCUT2D eigenvalue weighted by Gasteiger charge is 2.27. The van der Waals surface area contributed by atoms with E-state index in [-0.39, 0.29) is 0 Å². The summed E-state index contributed by atoms with van der Waals surface area (Å²) in [6.45, 7) is 18.8. The lowest BCUT2D eigenvalue weighted by Gasteiger charge is -2.30. The van der Waals surface area contributed by atoms with E-state index in [1.807, 2.05) is 69.2 Å². The molecule has 0 radical (unpaired) electrons. The monoisotopic (exact) mass is 408 g/mol. The number of hydrogen-bond acceptors (Lipinski definition) is 6. The molecular weight excluding hydrogens is 372 g/mol. The fraction of sp³-hybridized carbons (Fsp3) is 0.889. The van der Waals surface area contributed by atoms with Crippen LogP contribution in [0.4, 0.5) is 9.59 Å². The molecule has 0 saturated carbocycles. The van der Waals surface area contributed by atoms with Crippen molar-refractivity contribution < 1.29 is 19.1 Å². The van der Waals surface area contributed by atoms with Crippen LogP contribution in [-0.4, -0.2) is 46.0 Å². The zero-order chi connectivity index (χ0) is 20.8. The second kappa shape index (κ2) is 9.44. The number of nitrogens with one attached hydrogen (secondary N) is 2. The first-order chi connectivity index (χ1) is 11.4. The van der Waals surface area contributed by atoms with Crippen molar-refractivity contribution in [3.63, 3.8) is 0 Å². The lowest BCUT2D eigenvalue weighted by Crippen LogP contribution is -2.48. The lowest BCUT2D eigenvalue weighted by molar-refractivity contribution is 0.0469. The maximum Gasteiger partial charge on any atom is 0.408 e. The van der Waals surface area contributed by atoms with Gasteiger partial charge in [-0.2, -0.15) is 0 Å². The van der Waals surface area contributed by atoms with E-state index >= 15 is 0 Å². The molecule has 0 spiro atoms. The van der Waals surface area contributed by atoms with Gasteiger partial charge in [-0.05, 0) is 69.2 Å². The summed E-state index contributed by atoms with van der Waals surface area (Å²) >= 11 is 0. The van der Waals surface area contributed by atoms with Gasteiger partial charge in [0.05, 0.1) is 0 Å². The fourth-order valence-electron chi connectivity index (χ4n) is 1.61. The zero-order valence-corrected chi connectivity index (χ0v) is 19.5. The van der Waals surface area contributed by atoms with Crippen molar-refractivity contribution >= 4 is 33.8 Å². The van der Waals surface area contributed by atoms with Gasteiger partial charge in [0.2, 0.25) is 0 Å².